The van der Waals surface area contributed by atoms with Gasteiger partial charge in [0.25, 0.3) is 23.6 Å². The molecule has 0 aliphatic carbocycles. The van der Waals surface area contributed by atoms with Crippen molar-refractivity contribution in [2.24, 2.45) is 0 Å². The third kappa shape index (κ3) is 3.37. The van der Waals surface area contributed by atoms with E-state index in [0.29, 0.717) is 0 Å². The van der Waals surface area contributed by atoms with E-state index in [-0.39, 0.29) is 35.1 Å². The van der Waals surface area contributed by atoms with Crippen LogP contribution in [0.4, 0.5) is 0 Å². The van der Waals surface area contributed by atoms with Gasteiger partial charge in [0.05, 0.1) is 35.9 Å². The molecule has 2 heterocycles. The van der Waals surface area contributed by atoms with Gasteiger partial charge >= 0.3 is 5.97 Å². The topological polar surface area (TPSA) is 118 Å². The molecule has 0 unspecified atom stereocenters. The first kappa shape index (κ1) is 21.1. The van der Waals surface area contributed by atoms with Gasteiger partial charge in [-0.1, -0.05) is 24.3 Å². The summed E-state index contributed by atoms with van der Waals surface area (Å²) < 4.78 is 4.61. The van der Waals surface area contributed by atoms with E-state index in [4.69, 9.17) is 0 Å². The molecule has 2 aromatic carbocycles. The van der Waals surface area contributed by atoms with E-state index in [2.05, 4.69) is 4.74 Å². The molecular formula is C23H18N2O7. The van der Waals surface area contributed by atoms with Crippen LogP contribution in [0.3, 0.4) is 0 Å². The predicted molar refractivity (Wildman–Crippen MR) is 109 cm³/mol. The highest BCUT2D eigenvalue weighted by Crippen LogP contribution is 2.28. The van der Waals surface area contributed by atoms with E-state index in [9.17, 15) is 28.8 Å². The maximum Gasteiger partial charge on any atom is 0.305 e. The minimum absolute atomic E-state index is 0.147. The normalized spacial score (nSPS) is 15.7. The monoisotopic (exact) mass is 434 g/mol. The fourth-order valence-electron chi connectivity index (χ4n) is 3.93. The van der Waals surface area contributed by atoms with Gasteiger partial charge in [-0.25, -0.2) is 0 Å². The number of imide groups is 2. The van der Waals surface area contributed by atoms with Crippen molar-refractivity contribution >= 4 is 35.4 Å². The smallest absolute Gasteiger partial charge is 0.305 e. The molecule has 1 atom stereocenters. The summed E-state index contributed by atoms with van der Waals surface area (Å²) in [4.78, 5) is 77.6. The first-order valence-electron chi connectivity index (χ1n) is 9.86. The molecule has 0 saturated heterocycles. The Morgan fingerprint density at radius 2 is 1.22 bits per heavy atom. The van der Waals surface area contributed by atoms with Crippen molar-refractivity contribution in [3.63, 3.8) is 0 Å². The number of Topliss-reactive ketones (excluding diaryl/α,β-unsaturated/α-hetero) is 1. The Bertz CT molecular complexity index is 1120. The zero-order valence-corrected chi connectivity index (χ0v) is 17.1. The highest BCUT2D eigenvalue weighted by atomic mass is 16.5. The number of methoxy groups -OCH3 is 1. The van der Waals surface area contributed by atoms with Crippen LogP contribution in [0.5, 0.6) is 0 Å². The van der Waals surface area contributed by atoms with Crippen molar-refractivity contribution in [1.82, 2.24) is 9.80 Å². The summed E-state index contributed by atoms with van der Waals surface area (Å²) in [5.41, 5.74) is 0.650. The van der Waals surface area contributed by atoms with Gasteiger partial charge < -0.3 is 4.74 Å². The molecule has 2 aliphatic rings. The second-order valence-corrected chi connectivity index (χ2v) is 7.36. The van der Waals surface area contributed by atoms with Gasteiger partial charge in [0, 0.05) is 6.42 Å². The summed E-state index contributed by atoms with van der Waals surface area (Å²) in [6, 6.07) is 11.0. The van der Waals surface area contributed by atoms with Crippen LogP contribution < -0.4 is 0 Å². The lowest BCUT2D eigenvalue weighted by molar-refractivity contribution is -0.141. The lowest BCUT2D eigenvalue weighted by Gasteiger charge is -2.26. The molecule has 4 rings (SSSR count). The van der Waals surface area contributed by atoms with Gasteiger partial charge in [-0.2, -0.15) is 0 Å². The fourth-order valence-corrected chi connectivity index (χ4v) is 3.93. The second-order valence-electron chi connectivity index (χ2n) is 7.36. The quantitative estimate of drug-likeness (QED) is 0.478. The Hall–Kier alpha value is -4.14. The summed E-state index contributed by atoms with van der Waals surface area (Å²) in [5.74, 6) is -3.94. The third-order valence-corrected chi connectivity index (χ3v) is 5.55. The zero-order valence-electron chi connectivity index (χ0n) is 17.1. The minimum atomic E-state index is -1.34. The number of benzene rings is 2. The SMILES string of the molecule is COC(=O)CC[C@H](C(=O)CN1C(=O)c2ccccc2C1=O)N1C(=O)c2ccccc2C1=O. The average molecular weight is 434 g/mol. The summed E-state index contributed by atoms with van der Waals surface area (Å²) in [7, 11) is 1.18. The van der Waals surface area contributed by atoms with Crippen LogP contribution in [0, 0.1) is 0 Å². The minimum Gasteiger partial charge on any atom is -0.469 e. The number of carbonyl (C=O) groups excluding carboxylic acids is 6. The van der Waals surface area contributed by atoms with E-state index in [0.717, 1.165) is 9.80 Å². The number of fused-ring (bicyclic) bond motifs is 2. The van der Waals surface area contributed by atoms with Crippen LogP contribution in [0.15, 0.2) is 48.5 Å². The van der Waals surface area contributed by atoms with E-state index in [1.54, 1.807) is 24.3 Å². The van der Waals surface area contributed by atoms with Crippen LogP contribution in [-0.2, 0) is 14.3 Å². The Kier molecular flexibility index (Phi) is 5.40. The van der Waals surface area contributed by atoms with E-state index in [1.807, 2.05) is 0 Å². The van der Waals surface area contributed by atoms with Crippen molar-refractivity contribution in [1.29, 1.82) is 0 Å². The average Bonchev–Trinajstić information content (AvgIpc) is 3.20. The lowest BCUT2D eigenvalue weighted by Crippen LogP contribution is -2.49. The van der Waals surface area contributed by atoms with Gasteiger partial charge in [0.2, 0.25) is 0 Å². The number of amides is 4. The van der Waals surface area contributed by atoms with Crippen molar-refractivity contribution in [2.45, 2.75) is 18.9 Å². The summed E-state index contributed by atoms with van der Waals surface area (Å²) in [6.45, 7) is -0.633. The number of rotatable bonds is 7. The van der Waals surface area contributed by atoms with Gasteiger partial charge in [-0.3, -0.25) is 38.6 Å². The predicted octanol–water partition coefficient (Wildman–Crippen LogP) is 1.47. The molecule has 9 heteroatoms. The second kappa shape index (κ2) is 8.18. The molecule has 0 radical (unpaired) electrons. The number of hydrogen-bond acceptors (Lipinski definition) is 7. The zero-order chi connectivity index (χ0) is 23.0. The fraction of sp³-hybridized carbons (Fsp3) is 0.217. The van der Waals surface area contributed by atoms with Crippen LogP contribution in [-0.4, -0.2) is 64.9 Å². The Labute approximate surface area is 182 Å². The van der Waals surface area contributed by atoms with Gasteiger partial charge in [0.1, 0.15) is 6.04 Å². The molecule has 0 saturated carbocycles. The van der Waals surface area contributed by atoms with Crippen LogP contribution in [0.25, 0.3) is 0 Å². The molecule has 0 N–H and O–H groups in total. The van der Waals surface area contributed by atoms with Crippen LogP contribution in [0.1, 0.15) is 54.3 Å². The maximum atomic E-state index is 13.2. The summed E-state index contributed by atoms with van der Waals surface area (Å²) in [5, 5.41) is 0. The largest absolute Gasteiger partial charge is 0.469 e. The highest BCUT2D eigenvalue weighted by molar-refractivity contribution is 6.24. The molecule has 2 aliphatic heterocycles. The van der Waals surface area contributed by atoms with Crippen LogP contribution in [0.2, 0.25) is 0 Å². The molecule has 9 nitrogen and oxygen atoms in total. The number of hydrogen-bond donors (Lipinski definition) is 0. The molecule has 2 aromatic rings. The van der Waals surface area contributed by atoms with Crippen molar-refractivity contribution < 1.29 is 33.5 Å². The van der Waals surface area contributed by atoms with Crippen molar-refractivity contribution in [2.75, 3.05) is 13.7 Å². The van der Waals surface area contributed by atoms with Crippen LogP contribution >= 0.6 is 0 Å². The summed E-state index contributed by atoms with van der Waals surface area (Å²) in [6.07, 6.45) is -0.428. The molecule has 32 heavy (non-hydrogen) atoms. The van der Waals surface area contributed by atoms with E-state index in [1.165, 1.54) is 31.4 Å². The number of esters is 1. The molecule has 0 aromatic heterocycles. The highest BCUT2D eigenvalue weighted by Gasteiger charge is 2.44. The van der Waals surface area contributed by atoms with E-state index < -0.39 is 48.0 Å². The number of carbonyl (C=O) groups is 6. The first-order chi connectivity index (χ1) is 15.3. The molecular weight excluding hydrogens is 416 g/mol. The number of nitrogens with zero attached hydrogens (tertiary/aromatic N) is 2. The molecule has 0 fully saturated rings. The number of ether oxygens (including phenoxy) is 1. The van der Waals surface area contributed by atoms with E-state index >= 15 is 0 Å². The van der Waals surface area contributed by atoms with Gasteiger partial charge in [0.15, 0.2) is 5.78 Å². The Morgan fingerprint density at radius 1 is 0.781 bits per heavy atom. The van der Waals surface area contributed by atoms with Gasteiger partial charge in [-0.15, -0.1) is 0 Å². The Balaban J connectivity index is 1.62. The number of ketones is 1. The van der Waals surface area contributed by atoms with Crippen molar-refractivity contribution in [3.05, 3.63) is 70.8 Å². The molecule has 0 bridgehead atoms. The molecule has 0 spiro atoms. The maximum absolute atomic E-state index is 13.2. The Morgan fingerprint density at radius 3 is 1.66 bits per heavy atom. The molecule has 162 valence electrons. The molecule has 4 amide bonds. The third-order valence-electron chi connectivity index (χ3n) is 5.55. The lowest BCUT2D eigenvalue weighted by atomic mass is 10.0. The first-order valence-corrected chi connectivity index (χ1v) is 9.86. The van der Waals surface area contributed by atoms with Crippen molar-refractivity contribution in [3.8, 4) is 0 Å². The summed E-state index contributed by atoms with van der Waals surface area (Å²) >= 11 is 0. The standard InChI is InChI=1S/C23H18N2O7/c1-32-19(27)11-10-17(25-22(30)15-8-4-5-9-16(15)23(25)31)18(26)12-24-20(28)13-6-2-3-7-14(13)21(24)29/h2-9,17H,10-12H2,1H3/t17-/m1/s1. The van der Waals surface area contributed by atoms with Gasteiger partial charge in [-0.05, 0) is 30.7 Å².